The zero-order valence-corrected chi connectivity index (χ0v) is 16.3. The minimum atomic E-state index is -1.29. The van der Waals surface area contributed by atoms with Gasteiger partial charge in [0.05, 0.1) is 17.9 Å². The van der Waals surface area contributed by atoms with Crippen LogP contribution in [0.5, 0.6) is 0 Å². The predicted octanol–water partition coefficient (Wildman–Crippen LogP) is 1.00. The van der Waals surface area contributed by atoms with Gasteiger partial charge in [0.15, 0.2) is 0 Å². The van der Waals surface area contributed by atoms with Crippen molar-refractivity contribution < 1.29 is 23.3 Å². The number of carbonyl (C=O) groups excluding carboxylic acids is 3. The molecule has 0 saturated carbocycles. The summed E-state index contributed by atoms with van der Waals surface area (Å²) in [6, 6.07) is 7.18. The maximum Gasteiger partial charge on any atom is 0.328 e. The van der Waals surface area contributed by atoms with Gasteiger partial charge in [-0.1, -0.05) is 32.0 Å². The average Bonchev–Trinajstić information content (AvgIpc) is 2.62. The minimum absolute atomic E-state index is 0.157. The molecule has 0 spiro atoms. The van der Waals surface area contributed by atoms with Crippen LogP contribution in [0.3, 0.4) is 0 Å². The van der Waals surface area contributed by atoms with Crippen LogP contribution >= 0.6 is 0 Å². The van der Waals surface area contributed by atoms with E-state index in [2.05, 4.69) is 10.6 Å². The van der Waals surface area contributed by atoms with Gasteiger partial charge in [-0.15, -0.1) is 0 Å². The molecule has 8 heteroatoms. The Balaban J connectivity index is 2.77. The van der Waals surface area contributed by atoms with Crippen LogP contribution < -0.4 is 10.6 Å². The van der Waals surface area contributed by atoms with E-state index in [4.69, 9.17) is 4.74 Å². The molecule has 2 amide bonds. The lowest BCUT2D eigenvalue weighted by Gasteiger charge is -2.24. The fourth-order valence-corrected chi connectivity index (χ4v) is 3.47. The fourth-order valence-electron chi connectivity index (χ4n) is 2.32. The molecular weight excluding hydrogens is 356 g/mol. The largest absolute Gasteiger partial charge is 0.467 e. The van der Waals surface area contributed by atoms with Crippen molar-refractivity contribution in [3.8, 4) is 0 Å². The zero-order chi connectivity index (χ0) is 19.7. The van der Waals surface area contributed by atoms with Gasteiger partial charge in [0, 0.05) is 17.6 Å². The molecule has 1 aromatic rings. The second-order valence-corrected chi connectivity index (χ2v) is 7.73. The first kappa shape index (κ1) is 21.8. The Morgan fingerprint density at radius 1 is 1.12 bits per heavy atom. The van der Waals surface area contributed by atoms with Crippen molar-refractivity contribution in [3.63, 3.8) is 0 Å². The molecule has 1 rings (SSSR count). The third-order valence-corrected chi connectivity index (χ3v) is 5.11. The van der Waals surface area contributed by atoms with Crippen molar-refractivity contribution in [1.82, 2.24) is 10.6 Å². The number of hydrogen-bond acceptors (Lipinski definition) is 5. The highest BCUT2D eigenvalue weighted by Crippen LogP contribution is 2.09. The highest BCUT2D eigenvalue weighted by molar-refractivity contribution is 7.85. The monoisotopic (exact) mass is 382 g/mol. The molecule has 0 heterocycles. The fraction of sp³-hybridized carbons (Fsp3) is 0.500. The number of ether oxygens (including phenoxy) is 1. The van der Waals surface area contributed by atoms with Crippen LogP contribution in [0.4, 0.5) is 0 Å². The normalized spacial score (nSPS) is 14.2. The summed E-state index contributed by atoms with van der Waals surface area (Å²) >= 11 is 0. The molecule has 2 N–H and O–H groups in total. The number of methoxy groups -OCH3 is 1. The molecule has 7 nitrogen and oxygen atoms in total. The maximum atomic E-state index is 12.5. The first-order valence-corrected chi connectivity index (χ1v) is 9.66. The molecule has 0 aliphatic carbocycles. The van der Waals surface area contributed by atoms with Gasteiger partial charge in [0.1, 0.15) is 12.1 Å². The number of hydrogen-bond donors (Lipinski definition) is 2. The third-order valence-electron chi connectivity index (χ3n) is 3.71. The van der Waals surface area contributed by atoms with Crippen molar-refractivity contribution in [2.24, 2.45) is 5.92 Å². The molecule has 0 aliphatic rings. The second kappa shape index (κ2) is 10.7. The zero-order valence-electron chi connectivity index (χ0n) is 15.5. The van der Waals surface area contributed by atoms with Crippen LogP contribution in [0.1, 0.15) is 27.2 Å². The van der Waals surface area contributed by atoms with E-state index in [1.54, 1.807) is 38.1 Å². The molecule has 0 aliphatic heterocycles. The van der Waals surface area contributed by atoms with Crippen LogP contribution in [0.2, 0.25) is 0 Å². The topological polar surface area (TPSA) is 102 Å². The molecule has 1 aromatic carbocycles. The number of amides is 2. The number of benzene rings is 1. The Bertz CT molecular complexity index is 648. The summed E-state index contributed by atoms with van der Waals surface area (Å²) in [6.45, 7) is 4.90. The lowest BCUT2D eigenvalue weighted by atomic mass is 10.0. The summed E-state index contributed by atoms with van der Waals surface area (Å²) in [5.41, 5.74) is 0. The van der Waals surface area contributed by atoms with E-state index in [9.17, 15) is 18.6 Å². The Morgan fingerprint density at radius 3 is 2.23 bits per heavy atom. The Labute approximate surface area is 156 Å². The summed E-state index contributed by atoms with van der Waals surface area (Å²) in [5, 5.41) is 5.17. The molecule has 0 unspecified atom stereocenters. The van der Waals surface area contributed by atoms with E-state index < -0.39 is 34.8 Å². The average molecular weight is 382 g/mol. The van der Waals surface area contributed by atoms with E-state index in [1.165, 1.54) is 14.0 Å². The lowest BCUT2D eigenvalue weighted by Crippen LogP contribution is -2.53. The standard InChI is InChI=1S/C18H26N2O5S/c1-12(2)16(19-13(3)21)17(22)20-15(18(23)25-4)10-11-26(24)14-8-6-5-7-9-14/h5-9,12,15-16H,10-11H2,1-4H3,(H,19,21)(H,20,22)/t15-,16-,26+/m1/s1. The summed E-state index contributed by atoms with van der Waals surface area (Å²) in [5.74, 6) is -1.39. The number of rotatable bonds is 9. The molecule has 0 bridgehead atoms. The Kier molecular flexibility index (Phi) is 8.98. The Hall–Kier alpha value is -2.22. The smallest absolute Gasteiger partial charge is 0.328 e. The molecule has 0 saturated heterocycles. The highest BCUT2D eigenvalue weighted by atomic mass is 32.2. The van der Waals surface area contributed by atoms with Crippen LogP contribution in [0, 0.1) is 5.92 Å². The number of carbonyl (C=O) groups is 3. The van der Waals surface area contributed by atoms with E-state index in [0.717, 1.165) is 0 Å². The first-order chi connectivity index (χ1) is 12.3. The third kappa shape index (κ3) is 6.95. The van der Waals surface area contributed by atoms with Gasteiger partial charge in [0.2, 0.25) is 11.8 Å². The molecule has 144 valence electrons. The molecule has 26 heavy (non-hydrogen) atoms. The second-order valence-electron chi connectivity index (χ2n) is 6.16. The first-order valence-electron chi connectivity index (χ1n) is 8.35. The van der Waals surface area contributed by atoms with Crippen molar-refractivity contribution in [2.45, 2.75) is 44.2 Å². The van der Waals surface area contributed by atoms with E-state index in [0.29, 0.717) is 4.90 Å². The van der Waals surface area contributed by atoms with Crippen LogP contribution in [0.25, 0.3) is 0 Å². The summed E-state index contributed by atoms with van der Waals surface area (Å²) in [7, 11) is -0.0692. The highest BCUT2D eigenvalue weighted by Gasteiger charge is 2.28. The predicted molar refractivity (Wildman–Crippen MR) is 98.7 cm³/mol. The lowest BCUT2D eigenvalue weighted by molar-refractivity contribution is -0.145. The molecular formula is C18H26N2O5S. The Morgan fingerprint density at radius 2 is 1.73 bits per heavy atom. The number of esters is 1. The van der Waals surface area contributed by atoms with Gasteiger partial charge in [-0.05, 0) is 24.5 Å². The van der Waals surface area contributed by atoms with Gasteiger partial charge in [0.25, 0.3) is 0 Å². The van der Waals surface area contributed by atoms with Crippen molar-refractivity contribution in [2.75, 3.05) is 12.9 Å². The maximum absolute atomic E-state index is 12.5. The summed E-state index contributed by atoms with van der Waals surface area (Å²) in [6.07, 6.45) is 0.158. The van der Waals surface area contributed by atoms with Gasteiger partial charge < -0.3 is 15.4 Å². The summed E-state index contributed by atoms with van der Waals surface area (Å²) < 4.78 is 17.1. The van der Waals surface area contributed by atoms with Crippen LogP contribution in [-0.2, 0) is 29.9 Å². The van der Waals surface area contributed by atoms with E-state index in [1.807, 2.05) is 6.07 Å². The van der Waals surface area contributed by atoms with Crippen molar-refractivity contribution in [1.29, 1.82) is 0 Å². The summed E-state index contributed by atoms with van der Waals surface area (Å²) in [4.78, 5) is 36.4. The van der Waals surface area contributed by atoms with Gasteiger partial charge >= 0.3 is 5.97 Å². The minimum Gasteiger partial charge on any atom is -0.467 e. The van der Waals surface area contributed by atoms with Gasteiger partial charge in [-0.3, -0.25) is 13.8 Å². The van der Waals surface area contributed by atoms with Crippen LogP contribution in [0.15, 0.2) is 35.2 Å². The molecule has 3 atom stereocenters. The van der Waals surface area contributed by atoms with Crippen molar-refractivity contribution in [3.05, 3.63) is 30.3 Å². The van der Waals surface area contributed by atoms with Crippen molar-refractivity contribution >= 4 is 28.6 Å². The van der Waals surface area contributed by atoms with Gasteiger partial charge in [-0.25, -0.2) is 4.79 Å². The van der Waals surface area contributed by atoms with Crippen LogP contribution in [-0.4, -0.2) is 46.9 Å². The molecule has 0 fully saturated rings. The van der Waals surface area contributed by atoms with E-state index in [-0.39, 0.29) is 24.0 Å². The SMILES string of the molecule is COC(=O)[C@@H](CC[S@](=O)c1ccccc1)NC(=O)[C@H](NC(C)=O)C(C)C. The molecule has 0 radical (unpaired) electrons. The van der Waals surface area contributed by atoms with Gasteiger partial charge in [-0.2, -0.15) is 0 Å². The van der Waals surface area contributed by atoms with E-state index >= 15 is 0 Å². The quantitative estimate of drug-likeness (QED) is 0.621. The number of nitrogens with one attached hydrogen (secondary N) is 2. The molecule has 0 aromatic heterocycles.